The van der Waals surface area contributed by atoms with Crippen LogP contribution in [0.5, 0.6) is 5.75 Å². The Balaban J connectivity index is 2.18. The second kappa shape index (κ2) is 7.41. The van der Waals surface area contributed by atoms with Gasteiger partial charge in [0.05, 0.1) is 12.7 Å². The number of anilines is 1. The highest BCUT2D eigenvalue weighted by Gasteiger charge is 2.14. The van der Waals surface area contributed by atoms with Gasteiger partial charge in [0.2, 0.25) is 0 Å². The van der Waals surface area contributed by atoms with Crippen LogP contribution in [0.4, 0.5) is 5.69 Å². The molecule has 0 aliphatic carbocycles. The second-order valence-corrected chi connectivity index (χ2v) is 5.04. The van der Waals surface area contributed by atoms with E-state index >= 15 is 0 Å². The van der Waals surface area contributed by atoms with E-state index in [1.807, 2.05) is 0 Å². The minimum Gasteiger partial charge on any atom is -0.465 e. The van der Waals surface area contributed by atoms with Crippen molar-refractivity contribution in [3.63, 3.8) is 0 Å². The van der Waals surface area contributed by atoms with Gasteiger partial charge in [0.1, 0.15) is 5.75 Å². The van der Waals surface area contributed by atoms with Crippen molar-refractivity contribution in [1.82, 2.24) is 0 Å². The number of ether oxygens (including phenoxy) is 2. The van der Waals surface area contributed by atoms with E-state index in [9.17, 15) is 14.4 Å². The Hall–Kier alpha value is -3.15. The van der Waals surface area contributed by atoms with Gasteiger partial charge in [-0.3, -0.25) is 9.59 Å². The molecule has 0 saturated carbocycles. The molecule has 0 unspecified atom stereocenters. The Morgan fingerprint density at radius 1 is 1.00 bits per heavy atom. The third-order valence-corrected chi connectivity index (χ3v) is 3.37. The van der Waals surface area contributed by atoms with Crippen LogP contribution in [0.15, 0.2) is 42.5 Å². The molecule has 124 valence electrons. The highest BCUT2D eigenvalue weighted by molar-refractivity contribution is 6.05. The maximum Gasteiger partial charge on any atom is 0.338 e. The number of rotatable bonds is 4. The molecule has 6 heteroatoms. The highest BCUT2D eigenvalue weighted by Crippen LogP contribution is 2.21. The molecule has 0 saturated heterocycles. The Bertz CT molecular complexity index is 780. The molecule has 2 aromatic carbocycles. The molecule has 2 aromatic rings. The van der Waals surface area contributed by atoms with Crippen molar-refractivity contribution in [3.8, 4) is 5.75 Å². The van der Waals surface area contributed by atoms with Crippen molar-refractivity contribution in [1.29, 1.82) is 0 Å². The predicted octanol–water partition coefficient (Wildman–Crippen LogP) is 2.96. The lowest BCUT2D eigenvalue weighted by molar-refractivity contribution is -0.131. The van der Waals surface area contributed by atoms with Crippen LogP contribution in [0.3, 0.4) is 0 Å². The third kappa shape index (κ3) is 3.98. The fourth-order valence-electron chi connectivity index (χ4n) is 2.14. The topological polar surface area (TPSA) is 81.7 Å². The van der Waals surface area contributed by atoms with Crippen molar-refractivity contribution in [2.75, 3.05) is 12.4 Å². The molecule has 2 rings (SSSR count). The molecule has 1 amide bonds. The first-order chi connectivity index (χ1) is 11.4. The lowest BCUT2D eigenvalue weighted by atomic mass is 10.1. The van der Waals surface area contributed by atoms with Gasteiger partial charge in [-0.15, -0.1) is 0 Å². The fourth-order valence-corrected chi connectivity index (χ4v) is 2.14. The maximum absolute atomic E-state index is 12.3. The van der Waals surface area contributed by atoms with E-state index in [-0.39, 0.29) is 5.91 Å². The van der Waals surface area contributed by atoms with E-state index < -0.39 is 11.9 Å². The molecular weight excluding hydrogens is 310 g/mol. The molecule has 0 spiro atoms. The minimum absolute atomic E-state index is 0.338. The summed E-state index contributed by atoms with van der Waals surface area (Å²) in [5.41, 5.74) is 1.93. The molecule has 0 atom stereocenters. The summed E-state index contributed by atoms with van der Waals surface area (Å²) in [7, 11) is 1.30. The molecule has 0 aromatic heterocycles. The summed E-state index contributed by atoms with van der Waals surface area (Å²) in [5, 5.41) is 2.75. The minimum atomic E-state index is -0.464. The van der Waals surface area contributed by atoms with Gasteiger partial charge in [0.15, 0.2) is 0 Å². The zero-order chi connectivity index (χ0) is 17.7. The number of hydrogen-bond donors (Lipinski definition) is 1. The van der Waals surface area contributed by atoms with Gasteiger partial charge in [-0.1, -0.05) is 6.07 Å². The predicted molar refractivity (Wildman–Crippen MR) is 88.2 cm³/mol. The number of carbonyl (C=O) groups excluding carboxylic acids is 3. The first-order valence-electron chi connectivity index (χ1n) is 7.20. The van der Waals surface area contributed by atoms with Crippen molar-refractivity contribution in [2.45, 2.75) is 13.8 Å². The number of nitrogens with one attached hydrogen (secondary N) is 1. The Morgan fingerprint density at radius 3 is 2.25 bits per heavy atom. The second-order valence-electron chi connectivity index (χ2n) is 5.04. The molecule has 6 nitrogen and oxygen atoms in total. The summed E-state index contributed by atoms with van der Waals surface area (Å²) in [5.74, 6) is -0.866. The monoisotopic (exact) mass is 327 g/mol. The molecule has 0 fully saturated rings. The van der Waals surface area contributed by atoms with Crippen LogP contribution in [0.25, 0.3) is 0 Å². The van der Waals surface area contributed by atoms with Crippen LogP contribution in [0, 0.1) is 6.92 Å². The smallest absolute Gasteiger partial charge is 0.338 e. The first kappa shape index (κ1) is 17.2. The summed E-state index contributed by atoms with van der Waals surface area (Å²) in [6.45, 7) is 3.03. The summed E-state index contributed by atoms with van der Waals surface area (Å²) in [6, 6.07) is 11.2. The van der Waals surface area contributed by atoms with E-state index in [1.54, 1.807) is 37.3 Å². The van der Waals surface area contributed by atoms with E-state index in [2.05, 4.69) is 5.32 Å². The van der Waals surface area contributed by atoms with Gasteiger partial charge in [0.25, 0.3) is 5.91 Å². The lowest BCUT2D eigenvalue weighted by Crippen LogP contribution is -2.14. The third-order valence-electron chi connectivity index (χ3n) is 3.37. The standard InChI is InChI=1S/C18H17NO5/c1-11-15(18(22)23-3)5-4-6-16(11)19-17(21)13-7-9-14(10-8-13)24-12(2)20/h4-10H,1-3H3,(H,19,21). The van der Waals surface area contributed by atoms with Crippen LogP contribution < -0.4 is 10.1 Å². The van der Waals surface area contributed by atoms with Gasteiger partial charge in [-0.2, -0.15) is 0 Å². The van der Waals surface area contributed by atoms with Crippen molar-refractivity contribution in [2.24, 2.45) is 0 Å². The maximum atomic E-state index is 12.3. The summed E-state index contributed by atoms with van der Waals surface area (Å²) >= 11 is 0. The fraction of sp³-hybridized carbons (Fsp3) is 0.167. The molecule has 0 bridgehead atoms. The lowest BCUT2D eigenvalue weighted by Gasteiger charge is -2.11. The summed E-state index contributed by atoms with van der Waals surface area (Å²) < 4.78 is 9.63. The van der Waals surface area contributed by atoms with Gasteiger partial charge in [-0.05, 0) is 48.9 Å². The average Bonchev–Trinajstić information content (AvgIpc) is 2.56. The zero-order valence-corrected chi connectivity index (χ0v) is 13.6. The Morgan fingerprint density at radius 2 is 1.67 bits per heavy atom. The zero-order valence-electron chi connectivity index (χ0n) is 13.6. The van der Waals surface area contributed by atoms with Crippen molar-refractivity contribution >= 4 is 23.5 Å². The van der Waals surface area contributed by atoms with E-state index in [1.165, 1.54) is 26.2 Å². The summed E-state index contributed by atoms with van der Waals surface area (Å²) in [4.78, 5) is 34.9. The van der Waals surface area contributed by atoms with Gasteiger partial charge >= 0.3 is 11.9 Å². The molecule has 0 aliphatic rings. The number of methoxy groups -OCH3 is 1. The molecule has 24 heavy (non-hydrogen) atoms. The number of hydrogen-bond acceptors (Lipinski definition) is 5. The molecule has 0 aliphatic heterocycles. The van der Waals surface area contributed by atoms with Crippen LogP contribution in [-0.2, 0) is 9.53 Å². The molecular formula is C18H17NO5. The van der Waals surface area contributed by atoms with E-state index in [0.717, 1.165) is 0 Å². The van der Waals surface area contributed by atoms with E-state index in [0.29, 0.717) is 28.1 Å². The molecule has 0 heterocycles. The van der Waals surface area contributed by atoms with Gasteiger partial charge in [0, 0.05) is 18.2 Å². The first-order valence-corrected chi connectivity index (χ1v) is 7.20. The van der Waals surface area contributed by atoms with Crippen LogP contribution in [-0.4, -0.2) is 25.0 Å². The summed E-state index contributed by atoms with van der Waals surface area (Å²) in [6.07, 6.45) is 0. The largest absolute Gasteiger partial charge is 0.465 e. The normalized spacial score (nSPS) is 9.96. The van der Waals surface area contributed by atoms with Crippen molar-refractivity contribution < 1.29 is 23.9 Å². The molecule has 0 radical (unpaired) electrons. The quantitative estimate of drug-likeness (QED) is 0.689. The number of benzene rings is 2. The average molecular weight is 327 g/mol. The SMILES string of the molecule is COC(=O)c1cccc(NC(=O)c2ccc(OC(C)=O)cc2)c1C. The molecule has 1 N–H and O–H groups in total. The number of carbonyl (C=O) groups is 3. The van der Waals surface area contributed by atoms with Crippen LogP contribution >= 0.6 is 0 Å². The Kier molecular flexibility index (Phi) is 5.31. The Labute approximate surface area is 139 Å². The highest BCUT2D eigenvalue weighted by atomic mass is 16.5. The van der Waals surface area contributed by atoms with Crippen molar-refractivity contribution in [3.05, 3.63) is 59.2 Å². The van der Waals surface area contributed by atoms with Gasteiger partial charge < -0.3 is 14.8 Å². The number of amides is 1. The number of esters is 2. The van der Waals surface area contributed by atoms with Crippen LogP contribution in [0.1, 0.15) is 33.2 Å². The van der Waals surface area contributed by atoms with E-state index in [4.69, 9.17) is 9.47 Å². The van der Waals surface area contributed by atoms with Crippen LogP contribution in [0.2, 0.25) is 0 Å². The van der Waals surface area contributed by atoms with Gasteiger partial charge in [-0.25, -0.2) is 4.79 Å².